The lowest BCUT2D eigenvalue weighted by Gasteiger charge is -2.29. The molecule has 0 aliphatic carbocycles. The molecule has 0 bridgehead atoms. The van der Waals surface area contributed by atoms with Crippen LogP contribution in [0.2, 0.25) is 0 Å². The summed E-state index contributed by atoms with van der Waals surface area (Å²) in [4.78, 5) is 11.8. The van der Waals surface area contributed by atoms with Gasteiger partial charge in [0, 0.05) is 12.5 Å². The first kappa shape index (κ1) is 19.3. The molecule has 2 N–H and O–H groups in total. The van der Waals surface area contributed by atoms with Gasteiger partial charge in [0.2, 0.25) is 9.70 Å². The normalized spacial score (nSPS) is 23.0. The van der Waals surface area contributed by atoms with E-state index in [1.54, 1.807) is 0 Å². The van der Waals surface area contributed by atoms with Crippen LogP contribution < -0.4 is 10.6 Å². The lowest BCUT2D eigenvalue weighted by Crippen LogP contribution is -2.56. The van der Waals surface area contributed by atoms with E-state index in [1.807, 2.05) is 6.92 Å². The highest BCUT2D eigenvalue weighted by Gasteiger charge is 2.38. The molecule has 0 unspecified atom stereocenters. The van der Waals surface area contributed by atoms with Gasteiger partial charge in [-0.3, -0.25) is 10.1 Å². The topological polar surface area (TPSA) is 75.3 Å². The molecule has 1 amide bonds. The van der Waals surface area contributed by atoms with Crippen molar-refractivity contribution in [1.82, 2.24) is 10.6 Å². The fourth-order valence-electron chi connectivity index (χ4n) is 2.15. The fraction of sp³-hybridized carbons (Fsp3) is 0.917. The van der Waals surface area contributed by atoms with Crippen LogP contribution in [0.4, 0.5) is 0 Å². The first-order valence-corrected chi connectivity index (χ1v) is 9.92. The van der Waals surface area contributed by atoms with E-state index in [-0.39, 0.29) is 23.5 Å². The van der Waals surface area contributed by atoms with E-state index in [2.05, 4.69) is 10.6 Å². The molecule has 124 valence electrons. The highest BCUT2D eigenvalue weighted by atomic mass is 35.6. The molecular weight excluding hydrogens is 359 g/mol. The summed E-state index contributed by atoms with van der Waals surface area (Å²) in [6.07, 6.45) is 2.64. The van der Waals surface area contributed by atoms with Gasteiger partial charge in [-0.15, -0.1) is 0 Å². The maximum absolute atomic E-state index is 11.8. The van der Waals surface area contributed by atoms with Gasteiger partial charge in [0.15, 0.2) is 9.84 Å². The van der Waals surface area contributed by atoms with E-state index in [0.717, 1.165) is 19.3 Å². The second-order valence-electron chi connectivity index (χ2n) is 5.27. The lowest BCUT2D eigenvalue weighted by molar-refractivity contribution is -0.122. The van der Waals surface area contributed by atoms with E-state index in [0.29, 0.717) is 12.8 Å². The van der Waals surface area contributed by atoms with Crippen molar-refractivity contribution in [2.24, 2.45) is 0 Å². The molecule has 1 fully saturated rings. The van der Waals surface area contributed by atoms with Crippen LogP contribution in [-0.4, -0.2) is 41.8 Å². The minimum Gasteiger partial charge on any atom is -0.337 e. The highest BCUT2D eigenvalue weighted by molar-refractivity contribution is 7.91. The van der Waals surface area contributed by atoms with Crippen LogP contribution in [0.1, 0.15) is 39.0 Å². The van der Waals surface area contributed by atoms with Crippen molar-refractivity contribution in [3.8, 4) is 0 Å². The van der Waals surface area contributed by atoms with Gasteiger partial charge in [-0.25, -0.2) is 8.42 Å². The average Bonchev–Trinajstić information content (AvgIpc) is 2.67. The highest BCUT2D eigenvalue weighted by Crippen LogP contribution is 2.30. The average molecular weight is 380 g/mol. The van der Waals surface area contributed by atoms with Gasteiger partial charge in [-0.2, -0.15) is 0 Å². The number of amides is 1. The molecule has 5 nitrogen and oxygen atoms in total. The zero-order chi connectivity index (χ0) is 16.1. The van der Waals surface area contributed by atoms with E-state index in [9.17, 15) is 13.2 Å². The second-order valence-corrected chi connectivity index (χ2v) is 9.86. The van der Waals surface area contributed by atoms with Crippen LogP contribution in [-0.2, 0) is 14.6 Å². The molecule has 9 heteroatoms. The zero-order valence-electron chi connectivity index (χ0n) is 11.9. The minimum atomic E-state index is -3.04. The van der Waals surface area contributed by atoms with Gasteiger partial charge < -0.3 is 5.32 Å². The van der Waals surface area contributed by atoms with Crippen LogP contribution in [0.3, 0.4) is 0 Å². The molecule has 1 heterocycles. The number of hydrogen-bond donors (Lipinski definition) is 2. The number of sulfone groups is 1. The predicted molar refractivity (Wildman–Crippen MR) is 86.6 cm³/mol. The number of carbonyl (C=O) groups excluding carboxylic acids is 1. The standard InChI is InChI=1S/C12H21Cl3N2O3S/c1-2-3-4-5-10(18)17-11(12(13,14)15)16-9-6-7-21(19,20)8-9/h9,11,16H,2-8H2,1H3,(H,17,18)/t9-,11-/m1/s1. The van der Waals surface area contributed by atoms with Gasteiger partial charge in [-0.1, -0.05) is 54.6 Å². The molecule has 0 aromatic heterocycles. The Morgan fingerprint density at radius 3 is 2.48 bits per heavy atom. The summed E-state index contributed by atoms with van der Waals surface area (Å²) in [7, 11) is -3.04. The van der Waals surface area contributed by atoms with Crippen LogP contribution in [0.5, 0.6) is 0 Å². The number of halogens is 3. The van der Waals surface area contributed by atoms with Crippen molar-refractivity contribution < 1.29 is 13.2 Å². The van der Waals surface area contributed by atoms with Gasteiger partial charge in [0.05, 0.1) is 11.5 Å². The molecule has 21 heavy (non-hydrogen) atoms. The molecule has 2 atom stereocenters. The quantitative estimate of drug-likeness (QED) is 0.404. The molecule has 0 radical (unpaired) electrons. The Morgan fingerprint density at radius 1 is 1.33 bits per heavy atom. The summed E-state index contributed by atoms with van der Waals surface area (Å²) in [5, 5.41) is 5.56. The summed E-state index contributed by atoms with van der Waals surface area (Å²) in [6, 6.07) is -0.313. The van der Waals surface area contributed by atoms with Crippen LogP contribution in [0, 0.1) is 0 Å². The number of nitrogens with one attached hydrogen (secondary N) is 2. The van der Waals surface area contributed by atoms with Gasteiger partial charge in [-0.05, 0) is 12.8 Å². The molecule has 0 aromatic carbocycles. The fourth-order valence-corrected chi connectivity index (χ4v) is 4.19. The van der Waals surface area contributed by atoms with E-state index < -0.39 is 19.8 Å². The minimum absolute atomic E-state index is 0.00402. The Balaban J connectivity index is 2.55. The summed E-state index contributed by atoms with van der Waals surface area (Å²) in [5.74, 6) is -0.106. The van der Waals surface area contributed by atoms with E-state index in [4.69, 9.17) is 34.8 Å². The van der Waals surface area contributed by atoms with Crippen LogP contribution in [0.25, 0.3) is 0 Å². The van der Waals surface area contributed by atoms with E-state index in [1.165, 1.54) is 0 Å². The Bertz CT molecular complexity index is 451. The molecule has 0 spiro atoms. The Morgan fingerprint density at radius 2 is 2.00 bits per heavy atom. The largest absolute Gasteiger partial charge is 0.337 e. The molecule has 1 aliphatic heterocycles. The van der Waals surface area contributed by atoms with Crippen molar-refractivity contribution >= 4 is 50.5 Å². The van der Waals surface area contributed by atoms with Crippen molar-refractivity contribution in [3.63, 3.8) is 0 Å². The number of unbranched alkanes of at least 4 members (excludes halogenated alkanes) is 2. The van der Waals surface area contributed by atoms with E-state index >= 15 is 0 Å². The maximum Gasteiger partial charge on any atom is 0.223 e. The number of alkyl halides is 3. The van der Waals surface area contributed by atoms with Gasteiger partial charge >= 0.3 is 0 Å². The Labute approximate surface area is 141 Å². The Hall–Kier alpha value is 0.250. The molecule has 1 rings (SSSR count). The van der Waals surface area contributed by atoms with Crippen molar-refractivity contribution in [2.75, 3.05) is 11.5 Å². The predicted octanol–water partition coefficient (Wildman–Crippen LogP) is 2.16. The van der Waals surface area contributed by atoms with Crippen molar-refractivity contribution in [2.45, 2.75) is 55.0 Å². The summed E-state index contributed by atoms with van der Waals surface area (Å²) in [6.45, 7) is 2.05. The molecule has 1 saturated heterocycles. The molecule has 0 aromatic rings. The van der Waals surface area contributed by atoms with Crippen molar-refractivity contribution in [3.05, 3.63) is 0 Å². The third-order valence-electron chi connectivity index (χ3n) is 3.27. The van der Waals surface area contributed by atoms with Gasteiger partial charge in [0.1, 0.15) is 6.17 Å². The zero-order valence-corrected chi connectivity index (χ0v) is 15.0. The van der Waals surface area contributed by atoms with Crippen LogP contribution in [0.15, 0.2) is 0 Å². The third-order valence-corrected chi connectivity index (χ3v) is 5.70. The Kier molecular flexibility index (Phi) is 7.54. The number of hydrogen-bond acceptors (Lipinski definition) is 4. The first-order chi connectivity index (χ1) is 9.64. The summed E-state index contributed by atoms with van der Waals surface area (Å²) in [5.41, 5.74) is 0. The summed E-state index contributed by atoms with van der Waals surface area (Å²) < 4.78 is 21.1. The lowest BCUT2D eigenvalue weighted by atomic mass is 10.2. The monoisotopic (exact) mass is 378 g/mol. The molecule has 1 aliphatic rings. The molecule has 0 saturated carbocycles. The van der Waals surface area contributed by atoms with Crippen LogP contribution >= 0.6 is 34.8 Å². The third kappa shape index (κ3) is 7.37. The van der Waals surface area contributed by atoms with Gasteiger partial charge in [0.25, 0.3) is 0 Å². The van der Waals surface area contributed by atoms with Crippen molar-refractivity contribution in [1.29, 1.82) is 0 Å². The maximum atomic E-state index is 11.8. The summed E-state index contributed by atoms with van der Waals surface area (Å²) >= 11 is 17.6. The number of carbonyl (C=O) groups is 1. The number of rotatable bonds is 7. The first-order valence-electron chi connectivity index (χ1n) is 6.96. The molecular formula is C12H21Cl3N2O3S. The smallest absolute Gasteiger partial charge is 0.223 e. The second kappa shape index (κ2) is 8.20. The SMILES string of the molecule is CCCCCC(=O)N[C@@H](N[C@@H]1CCS(=O)(=O)C1)C(Cl)(Cl)Cl.